The minimum absolute atomic E-state index is 0.0642. The predicted molar refractivity (Wildman–Crippen MR) is 111 cm³/mol. The molecule has 2 aromatic carbocycles. The van der Waals surface area contributed by atoms with E-state index >= 15 is 0 Å². The first-order chi connectivity index (χ1) is 14.1. The molecule has 29 heavy (non-hydrogen) atoms. The fourth-order valence-corrected chi connectivity index (χ4v) is 3.32. The molecular formula is C22H21N5O2. The van der Waals surface area contributed by atoms with Gasteiger partial charge in [-0.2, -0.15) is 0 Å². The van der Waals surface area contributed by atoms with Gasteiger partial charge in [-0.1, -0.05) is 24.3 Å². The second-order valence-electron chi connectivity index (χ2n) is 6.92. The van der Waals surface area contributed by atoms with Crippen LogP contribution in [0.2, 0.25) is 0 Å². The standard InChI is InChI=1S/C22H21N5O2/c1-15(28)25-19-6-8-20(9-7-19)26-22-23-12-18(13-24-22)21(29)27-11-10-16-4-2-3-5-17(16)14-27/h2-9,12-13H,10-11,14H2,1H3,(H,25,28)(H,23,24,26). The third-order valence-electron chi connectivity index (χ3n) is 4.78. The molecule has 0 atom stereocenters. The molecule has 1 aliphatic rings. The van der Waals surface area contributed by atoms with E-state index in [2.05, 4.69) is 32.7 Å². The largest absolute Gasteiger partial charge is 0.334 e. The van der Waals surface area contributed by atoms with Gasteiger partial charge in [-0.3, -0.25) is 9.59 Å². The van der Waals surface area contributed by atoms with Crippen LogP contribution < -0.4 is 10.6 Å². The number of benzene rings is 2. The van der Waals surface area contributed by atoms with Crippen LogP contribution in [-0.2, 0) is 17.8 Å². The van der Waals surface area contributed by atoms with Crippen LogP contribution in [0, 0.1) is 0 Å². The van der Waals surface area contributed by atoms with Gasteiger partial charge in [-0.05, 0) is 41.8 Å². The SMILES string of the molecule is CC(=O)Nc1ccc(Nc2ncc(C(=O)N3CCc4ccccc4C3)cn2)cc1. The van der Waals surface area contributed by atoms with E-state index in [1.54, 1.807) is 24.5 Å². The normalized spacial score (nSPS) is 12.8. The van der Waals surface area contributed by atoms with E-state index in [4.69, 9.17) is 0 Å². The summed E-state index contributed by atoms with van der Waals surface area (Å²) in [5.74, 6) is 0.218. The lowest BCUT2D eigenvalue weighted by Gasteiger charge is -2.28. The van der Waals surface area contributed by atoms with Crippen molar-refractivity contribution >= 4 is 29.1 Å². The van der Waals surface area contributed by atoms with Crippen molar-refractivity contribution in [1.29, 1.82) is 0 Å². The highest BCUT2D eigenvalue weighted by molar-refractivity contribution is 5.94. The maximum atomic E-state index is 12.8. The molecule has 3 aromatic rings. The van der Waals surface area contributed by atoms with Crippen LogP contribution >= 0.6 is 0 Å². The van der Waals surface area contributed by atoms with Crippen LogP contribution in [0.5, 0.6) is 0 Å². The van der Waals surface area contributed by atoms with Gasteiger partial charge < -0.3 is 15.5 Å². The molecule has 0 unspecified atom stereocenters. The predicted octanol–water partition coefficient (Wildman–Crippen LogP) is 3.38. The van der Waals surface area contributed by atoms with Crippen LogP contribution in [0.15, 0.2) is 60.9 Å². The van der Waals surface area contributed by atoms with Gasteiger partial charge in [0.2, 0.25) is 11.9 Å². The average molecular weight is 387 g/mol. The number of hydrogen-bond donors (Lipinski definition) is 2. The monoisotopic (exact) mass is 387 g/mol. The number of anilines is 3. The van der Waals surface area contributed by atoms with Gasteiger partial charge >= 0.3 is 0 Å². The first kappa shape index (κ1) is 18.6. The number of nitrogens with one attached hydrogen (secondary N) is 2. The van der Waals surface area contributed by atoms with Crippen molar-refractivity contribution in [2.24, 2.45) is 0 Å². The second-order valence-corrected chi connectivity index (χ2v) is 6.92. The summed E-state index contributed by atoms with van der Waals surface area (Å²) in [7, 11) is 0. The molecule has 0 saturated heterocycles. The maximum absolute atomic E-state index is 12.8. The molecule has 0 aliphatic carbocycles. The molecule has 7 heteroatoms. The van der Waals surface area contributed by atoms with Crippen LogP contribution in [0.4, 0.5) is 17.3 Å². The second kappa shape index (κ2) is 8.10. The molecule has 0 spiro atoms. The van der Waals surface area contributed by atoms with Crippen molar-refractivity contribution in [2.45, 2.75) is 19.9 Å². The number of rotatable bonds is 4. The number of carbonyl (C=O) groups is 2. The van der Waals surface area contributed by atoms with E-state index in [1.807, 2.05) is 29.2 Å². The molecular weight excluding hydrogens is 366 g/mol. The Labute approximate surface area is 168 Å². The molecule has 1 aliphatic heterocycles. The first-order valence-electron chi connectivity index (χ1n) is 9.41. The Kier molecular flexibility index (Phi) is 5.20. The summed E-state index contributed by atoms with van der Waals surface area (Å²) in [6.07, 6.45) is 3.95. The van der Waals surface area contributed by atoms with Gasteiger partial charge in [-0.25, -0.2) is 9.97 Å². The Morgan fingerprint density at radius 3 is 2.28 bits per heavy atom. The Bertz CT molecular complexity index is 1030. The molecule has 4 rings (SSSR count). The molecule has 0 radical (unpaired) electrons. The Hall–Kier alpha value is -3.74. The van der Waals surface area contributed by atoms with E-state index < -0.39 is 0 Å². The van der Waals surface area contributed by atoms with Crippen LogP contribution in [0.3, 0.4) is 0 Å². The lowest BCUT2D eigenvalue weighted by Crippen LogP contribution is -2.36. The zero-order valence-corrected chi connectivity index (χ0v) is 16.1. The van der Waals surface area contributed by atoms with Crippen molar-refractivity contribution in [1.82, 2.24) is 14.9 Å². The van der Waals surface area contributed by atoms with Crippen LogP contribution in [0.1, 0.15) is 28.4 Å². The number of amides is 2. The first-order valence-corrected chi connectivity index (χ1v) is 9.41. The van der Waals surface area contributed by atoms with E-state index in [-0.39, 0.29) is 11.8 Å². The van der Waals surface area contributed by atoms with Gasteiger partial charge in [0.1, 0.15) is 0 Å². The molecule has 2 heterocycles. The van der Waals surface area contributed by atoms with Gasteiger partial charge in [0, 0.05) is 43.8 Å². The van der Waals surface area contributed by atoms with Crippen LogP contribution in [0.25, 0.3) is 0 Å². The fraction of sp³-hybridized carbons (Fsp3) is 0.182. The quantitative estimate of drug-likeness (QED) is 0.717. The minimum Gasteiger partial charge on any atom is -0.334 e. The fourth-order valence-electron chi connectivity index (χ4n) is 3.32. The third kappa shape index (κ3) is 4.40. The minimum atomic E-state index is -0.119. The Morgan fingerprint density at radius 1 is 0.931 bits per heavy atom. The topological polar surface area (TPSA) is 87.2 Å². The third-order valence-corrected chi connectivity index (χ3v) is 4.78. The lowest BCUT2D eigenvalue weighted by molar-refractivity contribution is -0.114. The van der Waals surface area contributed by atoms with E-state index in [1.165, 1.54) is 18.1 Å². The summed E-state index contributed by atoms with van der Waals surface area (Å²) >= 11 is 0. The molecule has 146 valence electrons. The van der Waals surface area contributed by atoms with Gasteiger partial charge in [0.15, 0.2) is 0 Å². The molecule has 0 fully saturated rings. The van der Waals surface area contributed by atoms with Crippen molar-refractivity contribution < 1.29 is 9.59 Å². The number of nitrogens with zero attached hydrogens (tertiary/aromatic N) is 3. The van der Waals surface area contributed by atoms with Crippen molar-refractivity contribution in [2.75, 3.05) is 17.2 Å². The van der Waals surface area contributed by atoms with Gasteiger partial charge in [0.25, 0.3) is 5.91 Å². The average Bonchev–Trinajstić information content (AvgIpc) is 2.74. The van der Waals surface area contributed by atoms with E-state index in [0.717, 1.165) is 12.1 Å². The van der Waals surface area contributed by atoms with Gasteiger partial charge in [0.05, 0.1) is 5.56 Å². The number of hydrogen-bond acceptors (Lipinski definition) is 5. The highest BCUT2D eigenvalue weighted by atomic mass is 16.2. The van der Waals surface area contributed by atoms with Crippen molar-refractivity contribution in [3.05, 3.63) is 77.6 Å². The molecule has 0 bridgehead atoms. The molecule has 2 amide bonds. The number of aromatic nitrogens is 2. The molecule has 0 saturated carbocycles. The molecule has 2 N–H and O–H groups in total. The molecule has 1 aromatic heterocycles. The summed E-state index contributed by atoms with van der Waals surface area (Å²) in [6.45, 7) is 2.76. The summed E-state index contributed by atoms with van der Waals surface area (Å²) < 4.78 is 0. The Balaban J connectivity index is 1.40. The lowest BCUT2D eigenvalue weighted by atomic mass is 9.99. The zero-order valence-electron chi connectivity index (χ0n) is 16.1. The summed E-state index contributed by atoms with van der Waals surface area (Å²) in [4.78, 5) is 34.2. The number of fused-ring (bicyclic) bond motifs is 1. The van der Waals surface area contributed by atoms with Gasteiger partial charge in [-0.15, -0.1) is 0 Å². The smallest absolute Gasteiger partial charge is 0.257 e. The Morgan fingerprint density at radius 2 is 1.59 bits per heavy atom. The maximum Gasteiger partial charge on any atom is 0.257 e. The van der Waals surface area contributed by atoms with Crippen molar-refractivity contribution in [3.8, 4) is 0 Å². The number of carbonyl (C=O) groups excluding carboxylic acids is 2. The van der Waals surface area contributed by atoms with Crippen LogP contribution in [-0.4, -0.2) is 33.2 Å². The molecule has 7 nitrogen and oxygen atoms in total. The summed E-state index contributed by atoms with van der Waals surface area (Å²) in [5, 5.41) is 5.80. The highest BCUT2D eigenvalue weighted by Gasteiger charge is 2.22. The van der Waals surface area contributed by atoms with Crippen molar-refractivity contribution in [3.63, 3.8) is 0 Å². The summed E-state index contributed by atoms with van der Waals surface area (Å²) in [6, 6.07) is 15.4. The van der Waals surface area contributed by atoms with E-state index in [9.17, 15) is 9.59 Å². The zero-order chi connectivity index (χ0) is 20.2. The summed E-state index contributed by atoms with van der Waals surface area (Å²) in [5.41, 5.74) is 4.46. The van der Waals surface area contributed by atoms with E-state index in [0.29, 0.717) is 30.3 Å². The highest BCUT2D eigenvalue weighted by Crippen LogP contribution is 2.21.